The van der Waals surface area contributed by atoms with Crippen LogP contribution >= 0.6 is 0 Å². The molecule has 0 unspecified atom stereocenters. The second-order valence-electron chi connectivity index (χ2n) is 5.97. The molecule has 0 aliphatic carbocycles. The predicted molar refractivity (Wildman–Crippen MR) is 89.4 cm³/mol. The average molecular weight is 431 g/mol. The van der Waals surface area contributed by atoms with E-state index in [1.54, 1.807) is 0 Å². The van der Waals surface area contributed by atoms with Gasteiger partial charge in [0.2, 0.25) is 10.0 Å². The maximum atomic E-state index is 12.6. The van der Waals surface area contributed by atoms with Gasteiger partial charge >= 0.3 is 5.51 Å². The molecule has 1 aromatic carbocycles. The lowest BCUT2D eigenvalue weighted by molar-refractivity contribution is -0.384. The molecule has 1 aromatic rings. The van der Waals surface area contributed by atoms with E-state index in [1.807, 2.05) is 0 Å². The molecule has 1 heterocycles. The highest BCUT2D eigenvalue weighted by Crippen LogP contribution is 2.35. The summed E-state index contributed by atoms with van der Waals surface area (Å²) in [6, 6.07) is 1.55. The maximum Gasteiger partial charge on any atom is 0.501 e. The Morgan fingerprint density at radius 3 is 2.19 bits per heavy atom. The van der Waals surface area contributed by atoms with E-state index in [0.29, 0.717) is 25.0 Å². The number of sulfone groups is 1. The van der Waals surface area contributed by atoms with E-state index in [0.717, 1.165) is 12.3 Å². The monoisotopic (exact) mass is 431 g/mol. The minimum Gasteiger partial charge on any atom is -0.377 e. The predicted octanol–water partition coefficient (Wildman–Crippen LogP) is 1.72. The first-order valence-electron chi connectivity index (χ1n) is 7.55. The van der Waals surface area contributed by atoms with Gasteiger partial charge in [0.1, 0.15) is 5.69 Å². The summed E-state index contributed by atoms with van der Waals surface area (Å²) in [4.78, 5) is 8.97. The third kappa shape index (κ3) is 4.68. The summed E-state index contributed by atoms with van der Waals surface area (Å²) in [6.07, 6.45) is 1.71. The van der Waals surface area contributed by atoms with Crippen molar-refractivity contribution < 1.29 is 34.9 Å². The van der Waals surface area contributed by atoms with Gasteiger partial charge in [0.05, 0.1) is 16.1 Å². The SMILES string of the molecule is CS(=O)(=O)N1CCC(Nc2ccc(S(=O)(=O)C(F)(F)F)cc2[N+](=O)[O-])CC1. The number of nitro benzene ring substituents is 1. The van der Waals surface area contributed by atoms with Crippen molar-refractivity contribution in [3.63, 3.8) is 0 Å². The number of nitrogens with zero attached hydrogens (tertiary/aromatic N) is 2. The first-order valence-corrected chi connectivity index (χ1v) is 10.9. The van der Waals surface area contributed by atoms with Gasteiger partial charge < -0.3 is 5.32 Å². The fraction of sp³-hybridized carbons (Fsp3) is 0.538. The Labute approximate surface area is 153 Å². The molecule has 1 N–H and O–H groups in total. The Morgan fingerprint density at radius 2 is 1.74 bits per heavy atom. The number of halogens is 3. The maximum absolute atomic E-state index is 12.6. The topological polar surface area (TPSA) is 127 Å². The average Bonchev–Trinajstić information content (AvgIpc) is 2.53. The molecule has 0 spiro atoms. The third-order valence-corrected chi connectivity index (χ3v) is 6.85. The quantitative estimate of drug-likeness (QED) is 0.556. The van der Waals surface area contributed by atoms with Gasteiger partial charge in [0, 0.05) is 25.2 Å². The van der Waals surface area contributed by atoms with Crippen LogP contribution in [-0.2, 0) is 19.9 Å². The van der Waals surface area contributed by atoms with E-state index >= 15 is 0 Å². The van der Waals surface area contributed by atoms with E-state index in [2.05, 4.69) is 5.32 Å². The van der Waals surface area contributed by atoms with Crippen molar-refractivity contribution in [3.05, 3.63) is 28.3 Å². The zero-order chi connectivity index (χ0) is 20.6. The lowest BCUT2D eigenvalue weighted by Crippen LogP contribution is -2.41. The van der Waals surface area contributed by atoms with Crippen LogP contribution < -0.4 is 5.32 Å². The number of anilines is 1. The van der Waals surface area contributed by atoms with Crippen LogP contribution in [-0.4, -0.2) is 57.0 Å². The number of rotatable bonds is 5. The molecule has 0 amide bonds. The van der Waals surface area contributed by atoms with Gasteiger partial charge in [-0.3, -0.25) is 10.1 Å². The van der Waals surface area contributed by atoms with Gasteiger partial charge in [-0.15, -0.1) is 0 Å². The van der Waals surface area contributed by atoms with Crippen molar-refractivity contribution in [1.82, 2.24) is 4.31 Å². The summed E-state index contributed by atoms with van der Waals surface area (Å²) in [7, 11) is -9.07. The molecule has 0 radical (unpaired) electrons. The van der Waals surface area contributed by atoms with Crippen molar-refractivity contribution in [1.29, 1.82) is 0 Å². The fourth-order valence-corrected chi connectivity index (χ4v) is 4.29. The molecule has 1 saturated heterocycles. The van der Waals surface area contributed by atoms with E-state index in [-0.39, 0.29) is 24.8 Å². The molecule has 2 rings (SSSR count). The first kappa shape index (κ1) is 21.4. The number of alkyl halides is 3. The molecule has 1 aliphatic rings. The first-order chi connectivity index (χ1) is 12.2. The summed E-state index contributed by atoms with van der Waals surface area (Å²) in [6.45, 7) is 0.371. The van der Waals surface area contributed by atoms with Crippen LogP contribution in [0.2, 0.25) is 0 Å². The number of hydrogen-bond donors (Lipinski definition) is 1. The summed E-state index contributed by atoms with van der Waals surface area (Å²) < 4.78 is 84.9. The van der Waals surface area contributed by atoms with E-state index in [1.165, 1.54) is 4.31 Å². The van der Waals surface area contributed by atoms with Gasteiger partial charge in [-0.05, 0) is 25.0 Å². The van der Waals surface area contributed by atoms with Crippen LogP contribution in [0.25, 0.3) is 0 Å². The van der Waals surface area contributed by atoms with Gasteiger partial charge in [0.25, 0.3) is 15.5 Å². The molecule has 27 heavy (non-hydrogen) atoms. The fourth-order valence-electron chi connectivity index (χ4n) is 2.64. The summed E-state index contributed by atoms with van der Waals surface area (Å²) in [5.74, 6) is 0. The normalized spacial score (nSPS) is 17.6. The molecule has 1 aliphatic heterocycles. The number of piperidine rings is 1. The Balaban J connectivity index is 2.25. The van der Waals surface area contributed by atoms with Crippen LogP contribution in [0.3, 0.4) is 0 Å². The van der Waals surface area contributed by atoms with Crippen LogP contribution in [0, 0.1) is 10.1 Å². The van der Waals surface area contributed by atoms with Gasteiger partial charge in [-0.2, -0.15) is 13.2 Å². The van der Waals surface area contributed by atoms with Crippen molar-refractivity contribution in [2.45, 2.75) is 29.3 Å². The van der Waals surface area contributed by atoms with Crippen LogP contribution in [0.15, 0.2) is 23.1 Å². The lowest BCUT2D eigenvalue weighted by atomic mass is 10.1. The highest BCUT2D eigenvalue weighted by Gasteiger charge is 2.47. The van der Waals surface area contributed by atoms with E-state index < -0.39 is 40.9 Å². The standard InChI is InChI=1S/C13H16F3N3O6S2/c1-26(22,23)18-6-4-9(5-7-18)17-11-3-2-10(8-12(11)19(20)21)27(24,25)13(14,15)16/h2-3,8-9,17H,4-7H2,1H3. The Bertz CT molecular complexity index is 939. The van der Waals surface area contributed by atoms with Crippen molar-refractivity contribution in [3.8, 4) is 0 Å². The molecule has 0 saturated carbocycles. The summed E-state index contributed by atoms with van der Waals surface area (Å²) >= 11 is 0. The highest BCUT2D eigenvalue weighted by atomic mass is 32.2. The molecule has 0 atom stereocenters. The Morgan fingerprint density at radius 1 is 1.19 bits per heavy atom. The molecular weight excluding hydrogens is 415 g/mol. The molecular formula is C13H16F3N3O6S2. The molecule has 1 fully saturated rings. The van der Waals surface area contributed by atoms with Crippen LogP contribution in [0.5, 0.6) is 0 Å². The number of nitro groups is 1. The molecule has 152 valence electrons. The van der Waals surface area contributed by atoms with E-state index in [9.17, 15) is 40.1 Å². The summed E-state index contributed by atoms with van der Waals surface area (Å²) in [5, 5.41) is 14.0. The minimum atomic E-state index is -5.71. The number of benzene rings is 1. The third-order valence-electron chi connectivity index (χ3n) is 4.06. The van der Waals surface area contributed by atoms with E-state index in [4.69, 9.17) is 0 Å². The van der Waals surface area contributed by atoms with Gasteiger partial charge in [-0.25, -0.2) is 21.1 Å². The second-order valence-corrected chi connectivity index (χ2v) is 9.89. The Hall–Kier alpha value is -1.93. The number of sulfonamides is 1. The van der Waals surface area contributed by atoms with Crippen LogP contribution in [0.4, 0.5) is 24.5 Å². The molecule has 0 bridgehead atoms. The Kier molecular flexibility index (Phi) is 5.73. The zero-order valence-electron chi connectivity index (χ0n) is 13.9. The smallest absolute Gasteiger partial charge is 0.377 e. The number of nitrogens with one attached hydrogen (secondary N) is 1. The molecule has 14 heteroatoms. The van der Waals surface area contributed by atoms with Crippen molar-refractivity contribution in [2.75, 3.05) is 24.7 Å². The largest absolute Gasteiger partial charge is 0.501 e. The summed E-state index contributed by atoms with van der Waals surface area (Å²) in [5.41, 5.74) is -6.53. The van der Waals surface area contributed by atoms with Crippen LogP contribution in [0.1, 0.15) is 12.8 Å². The van der Waals surface area contributed by atoms with Gasteiger partial charge in [-0.1, -0.05) is 0 Å². The zero-order valence-corrected chi connectivity index (χ0v) is 15.6. The molecule has 9 nitrogen and oxygen atoms in total. The number of hydrogen-bond acceptors (Lipinski definition) is 7. The molecule has 0 aromatic heterocycles. The highest BCUT2D eigenvalue weighted by molar-refractivity contribution is 7.92. The van der Waals surface area contributed by atoms with Gasteiger partial charge in [0.15, 0.2) is 0 Å². The van der Waals surface area contributed by atoms with Crippen molar-refractivity contribution in [2.24, 2.45) is 0 Å². The second kappa shape index (κ2) is 7.24. The minimum absolute atomic E-state index is 0.140. The van der Waals surface area contributed by atoms with Crippen molar-refractivity contribution >= 4 is 31.2 Å². The lowest BCUT2D eigenvalue weighted by Gasteiger charge is -2.31.